The van der Waals surface area contributed by atoms with Gasteiger partial charge >= 0.3 is 0 Å². The fourth-order valence-electron chi connectivity index (χ4n) is 1.45. The minimum atomic E-state index is 0.341. The van der Waals surface area contributed by atoms with E-state index in [1.807, 2.05) is 6.07 Å². The van der Waals surface area contributed by atoms with Gasteiger partial charge in [0.25, 0.3) is 0 Å². The highest BCUT2D eigenvalue weighted by molar-refractivity contribution is 4.71. The first-order chi connectivity index (χ1) is 8.35. The summed E-state index contributed by atoms with van der Waals surface area (Å²) in [5.41, 5.74) is 0. The molecule has 0 saturated carbocycles. The van der Waals surface area contributed by atoms with Gasteiger partial charge in [0.05, 0.1) is 38.4 Å². The Kier molecular flexibility index (Phi) is 12.1. The molecule has 1 unspecified atom stereocenters. The summed E-state index contributed by atoms with van der Waals surface area (Å²) in [6.45, 7) is 4.64. The van der Waals surface area contributed by atoms with Crippen molar-refractivity contribution in [1.82, 2.24) is 0 Å². The second kappa shape index (κ2) is 13.0. The summed E-state index contributed by atoms with van der Waals surface area (Å²) in [7, 11) is 0. The van der Waals surface area contributed by atoms with Gasteiger partial charge in [0.15, 0.2) is 0 Å². The average Bonchev–Trinajstić information content (AvgIpc) is 2.34. The summed E-state index contributed by atoms with van der Waals surface area (Å²) in [6.07, 6.45) is 3.87. The standard InChI is InChI=1S/C13H22N2O2/c1-2-9-16-11-13(6-3-4-7-14)12-17-10-5-8-15/h13H,2-6,9-12H2,1H3. The lowest BCUT2D eigenvalue weighted by Gasteiger charge is -2.16. The Hall–Kier alpha value is -1.10. The lowest BCUT2D eigenvalue weighted by atomic mass is 10.0. The van der Waals surface area contributed by atoms with E-state index in [2.05, 4.69) is 13.0 Å². The molecule has 0 N–H and O–H groups in total. The smallest absolute Gasteiger partial charge is 0.0645 e. The average molecular weight is 238 g/mol. The van der Waals surface area contributed by atoms with Crippen LogP contribution in [0.4, 0.5) is 0 Å². The fraction of sp³-hybridized carbons (Fsp3) is 0.846. The van der Waals surface area contributed by atoms with E-state index in [0.29, 0.717) is 38.6 Å². The van der Waals surface area contributed by atoms with Crippen molar-refractivity contribution in [2.24, 2.45) is 5.92 Å². The van der Waals surface area contributed by atoms with Crippen molar-refractivity contribution in [2.45, 2.75) is 39.0 Å². The Morgan fingerprint density at radius 2 is 1.65 bits per heavy atom. The number of hydrogen-bond donors (Lipinski definition) is 0. The molecule has 17 heavy (non-hydrogen) atoms. The molecule has 0 rings (SSSR count). The molecular weight excluding hydrogens is 216 g/mol. The van der Waals surface area contributed by atoms with E-state index in [9.17, 15) is 0 Å². The number of rotatable bonds is 11. The largest absolute Gasteiger partial charge is 0.381 e. The lowest BCUT2D eigenvalue weighted by molar-refractivity contribution is 0.0373. The van der Waals surface area contributed by atoms with E-state index in [-0.39, 0.29) is 0 Å². The van der Waals surface area contributed by atoms with Crippen LogP contribution in [0.15, 0.2) is 0 Å². The molecule has 0 fully saturated rings. The first kappa shape index (κ1) is 15.9. The predicted molar refractivity (Wildman–Crippen MR) is 65.1 cm³/mol. The summed E-state index contributed by atoms with van der Waals surface area (Å²) in [5.74, 6) is 0.341. The molecular formula is C13H22N2O2. The van der Waals surface area contributed by atoms with Crippen LogP contribution in [0.1, 0.15) is 39.0 Å². The molecule has 0 heterocycles. The Morgan fingerprint density at radius 3 is 2.24 bits per heavy atom. The van der Waals surface area contributed by atoms with Gasteiger partial charge in [-0.05, 0) is 19.3 Å². The van der Waals surface area contributed by atoms with Crippen molar-refractivity contribution in [3.05, 3.63) is 0 Å². The van der Waals surface area contributed by atoms with E-state index < -0.39 is 0 Å². The van der Waals surface area contributed by atoms with E-state index in [1.54, 1.807) is 0 Å². The van der Waals surface area contributed by atoms with Crippen molar-refractivity contribution < 1.29 is 9.47 Å². The Morgan fingerprint density at radius 1 is 1.00 bits per heavy atom. The molecule has 0 aromatic carbocycles. The molecule has 0 bridgehead atoms. The normalized spacial score (nSPS) is 11.7. The van der Waals surface area contributed by atoms with Gasteiger partial charge in [-0.2, -0.15) is 10.5 Å². The highest BCUT2D eigenvalue weighted by atomic mass is 16.5. The van der Waals surface area contributed by atoms with E-state index >= 15 is 0 Å². The number of unbranched alkanes of at least 4 members (excludes halogenated alkanes) is 1. The third-order valence-corrected chi connectivity index (χ3v) is 2.31. The van der Waals surface area contributed by atoms with Crippen LogP contribution in [0.3, 0.4) is 0 Å². The van der Waals surface area contributed by atoms with Crippen LogP contribution < -0.4 is 0 Å². The minimum absolute atomic E-state index is 0.341. The molecule has 96 valence electrons. The van der Waals surface area contributed by atoms with Crippen LogP contribution in [0, 0.1) is 28.6 Å². The highest BCUT2D eigenvalue weighted by Crippen LogP contribution is 2.10. The second-order valence-electron chi connectivity index (χ2n) is 3.97. The summed E-state index contributed by atoms with van der Waals surface area (Å²) in [6, 6.07) is 4.19. The quantitative estimate of drug-likeness (QED) is 0.519. The van der Waals surface area contributed by atoms with Gasteiger partial charge in [-0.25, -0.2) is 0 Å². The summed E-state index contributed by atoms with van der Waals surface area (Å²) >= 11 is 0. The van der Waals surface area contributed by atoms with Gasteiger partial charge in [0.2, 0.25) is 0 Å². The van der Waals surface area contributed by atoms with Gasteiger partial charge in [-0.3, -0.25) is 0 Å². The molecule has 0 amide bonds. The minimum Gasteiger partial charge on any atom is -0.381 e. The van der Waals surface area contributed by atoms with Gasteiger partial charge < -0.3 is 9.47 Å². The molecule has 0 saturated heterocycles. The first-order valence-electron chi connectivity index (χ1n) is 6.24. The van der Waals surface area contributed by atoms with Gasteiger partial charge in [-0.15, -0.1) is 0 Å². The molecule has 0 aromatic rings. The first-order valence-corrected chi connectivity index (χ1v) is 6.24. The Labute approximate surface area is 104 Å². The molecule has 4 heteroatoms. The van der Waals surface area contributed by atoms with E-state index in [1.165, 1.54) is 0 Å². The van der Waals surface area contributed by atoms with Crippen molar-refractivity contribution in [2.75, 3.05) is 26.4 Å². The predicted octanol–water partition coefficient (Wildman–Crippen LogP) is 2.65. The monoisotopic (exact) mass is 238 g/mol. The molecule has 0 aliphatic heterocycles. The molecule has 0 aliphatic rings. The molecule has 1 atom stereocenters. The van der Waals surface area contributed by atoms with Crippen LogP contribution in [0.2, 0.25) is 0 Å². The van der Waals surface area contributed by atoms with E-state index in [0.717, 1.165) is 25.9 Å². The maximum Gasteiger partial charge on any atom is 0.0645 e. The maximum absolute atomic E-state index is 8.49. The van der Waals surface area contributed by atoms with Crippen molar-refractivity contribution in [3.8, 4) is 12.1 Å². The van der Waals surface area contributed by atoms with Crippen LogP contribution in [0.5, 0.6) is 0 Å². The third-order valence-electron chi connectivity index (χ3n) is 2.31. The lowest BCUT2D eigenvalue weighted by Crippen LogP contribution is -2.17. The highest BCUT2D eigenvalue weighted by Gasteiger charge is 2.09. The summed E-state index contributed by atoms with van der Waals surface area (Å²) in [4.78, 5) is 0. The fourth-order valence-corrected chi connectivity index (χ4v) is 1.45. The SMILES string of the molecule is CCCOCC(CCCC#N)COCCC#N. The molecule has 0 radical (unpaired) electrons. The van der Waals surface area contributed by atoms with Crippen molar-refractivity contribution >= 4 is 0 Å². The number of ether oxygens (including phenoxy) is 2. The van der Waals surface area contributed by atoms with Crippen LogP contribution in [-0.4, -0.2) is 26.4 Å². The van der Waals surface area contributed by atoms with Gasteiger partial charge in [-0.1, -0.05) is 6.92 Å². The zero-order valence-corrected chi connectivity index (χ0v) is 10.7. The summed E-state index contributed by atoms with van der Waals surface area (Å²) in [5, 5.41) is 16.9. The van der Waals surface area contributed by atoms with Crippen LogP contribution in [0.25, 0.3) is 0 Å². The topological polar surface area (TPSA) is 66.0 Å². The Balaban J connectivity index is 3.69. The van der Waals surface area contributed by atoms with Gasteiger partial charge in [0.1, 0.15) is 0 Å². The van der Waals surface area contributed by atoms with Gasteiger partial charge in [0, 0.05) is 18.9 Å². The molecule has 0 aliphatic carbocycles. The zero-order valence-electron chi connectivity index (χ0n) is 10.7. The Bertz CT molecular complexity index is 243. The van der Waals surface area contributed by atoms with Crippen LogP contribution >= 0.6 is 0 Å². The van der Waals surface area contributed by atoms with Crippen LogP contribution in [-0.2, 0) is 9.47 Å². The molecule has 0 aromatic heterocycles. The number of nitriles is 2. The zero-order chi connectivity index (χ0) is 12.8. The number of hydrogen-bond acceptors (Lipinski definition) is 4. The third kappa shape index (κ3) is 11.2. The van der Waals surface area contributed by atoms with Crippen molar-refractivity contribution in [3.63, 3.8) is 0 Å². The van der Waals surface area contributed by atoms with E-state index in [4.69, 9.17) is 20.0 Å². The molecule has 4 nitrogen and oxygen atoms in total. The maximum atomic E-state index is 8.49. The molecule has 0 spiro atoms. The van der Waals surface area contributed by atoms with Crippen molar-refractivity contribution in [1.29, 1.82) is 10.5 Å². The number of nitrogens with zero attached hydrogens (tertiary/aromatic N) is 2. The summed E-state index contributed by atoms with van der Waals surface area (Å²) < 4.78 is 10.9. The second-order valence-corrected chi connectivity index (χ2v) is 3.97.